The van der Waals surface area contributed by atoms with Gasteiger partial charge < -0.3 is 80.1 Å². The fourth-order valence-electron chi connectivity index (χ4n) is 8.50. The zero-order valence-corrected chi connectivity index (χ0v) is 46.8. The van der Waals surface area contributed by atoms with Crippen LogP contribution in [0.3, 0.4) is 0 Å². The number of imidazole rings is 2. The summed E-state index contributed by atoms with van der Waals surface area (Å²) < 4.78 is 0. The number of rotatable bonds is 45. The number of nitrogens with two attached hydrogens (primary N) is 3. The Kier molecular flexibility index (Phi) is 35.3. The van der Waals surface area contributed by atoms with Crippen molar-refractivity contribution in [1.82, 2.24) is 67.8 Å². The molecule has 27 nitrogen and oxygen atoms in total. The SMILES string of the molecule is CCCCCCCCCCCCCCCCCC(=O)N[C@@H](CS)C(=O)N[C@@H](Cc1c[nH]cn1)C(=O)N[C@@H](Cc1c[nH]cn1)C(=O)N[C@@H](CCCNC(=N)N)C(=O)N[C@@H](CCCNC(=N)N)C(=O)N[C@@H](CCCNC(=N)N)C(=O)O. The highest BCUT2D eigenvalue weighted by molar-refractivity contribution is 7.80. The Hall–Kier alpha value is -7.13. The van der Waals surface area contributed by atoms with Crippen LogP contribution >= 0.6 is 12.6 Å². The molecule has 0 radical (unpaired) electrons. The van der Waals surface area contributed by atoms with E-state index in [9.17, 15) is 38.7 Å². The fourth-order valence-corrected chi connectivity index (χ4v) is 8.76. The first-order chi connectivity index (χ1) is 37.9. The average Bonchev–Trinajstić information content (AvgIpc) is 4.14. The Bertz CT molecular complexity index is 2130. The molecule has 0 unspecified atom stereocenters. The predicted octanol–water partition coefficient (Wildman–Crippen LogP) is 0.893. The van der Waals surface area contributed by atoms with Crippen molar-refractivity contribution < 1.29 is 38.7 Å². The van der Waals surface area contributed by atoms with Gasteiger partial charge in [0, 0.05) is 57.0 Å². The summed E-state index contributed by atoms with van der Waals surface area (Å²) in [6, 6.07) is -8.03. The lowest BCUT2D eigenvalue weighted by Gasteiger charge is -2.27. The van der Waals surface area contributed by atoms with Gasteiger partial charge in [-0.05, 0) is 44.9 Å². The van der Waals surface area contributed by atoms with E-state index in [1.54, 1.807) is 0 Å². The molecule has 0 bridgehead atoms. The molecule has 21 N–H and O–H groups in total. The lowest BCUT2D eigenvalue weighted by Crippen LogP contribution is -2.60. The molecule has 2 aromatic rings. The van der Waals surface area contributed by atoms with Crippen molar-refractivity contribution in [2.75, 3.05) is 25.4 Å². The number of thiol groups is 1. The van der Waals surface area contributed by atoms with Crippen LogP contribution in [-0.2, 0) is 46.4 Å². The lowest BCUT2D eigenvalue weighted by atomic mass is 10.0. The van der Waals surface area contributed by atoms with E-state index in [-0.39, 0.29) is 107 Å². The molecule has 28 heteroatoms. The largest absolute Gasteiger partial charge is 0.480 e. The summed E-state index contributed by atoms with van der Waals surface area (Å²) in [4.78, 5) is 110. The smallest absolute Gasteiger partial charge is 0.326 e. The number of aromatic nitrogens is 4. The van der Waals surface area contributed by atoms with E-state index < -0.39 is 71.8 Å². The van der Waals surface area contributed by atoms with Crippen LogP contribution in [0.15, 0.2) is 25.0 Å². The number of nitrogens with zero attached hydrogens (tertiary/aromatic N) is 2. The summed E-state index contributed by atoms with van der Waals surface area (Å²) >= 11 is 4.34. The highest BCUT2D eigenvalue weighted by Crippen LogP contribution is 2.15. The molecule has 6 atom stereocenters. The number of aromatic amines is 2. The summed E-state index contributed by atoms with van der Waals surface area (Å²) in [7, 11) is 0. The van der Waals surface area contributed by atoms with Crippen LogP contribution in [0.25, 0.3) is 0 Å². The van der Waals surface area contributed by atoms with E-state index in [0.717, 1.165) is 19.3 Å². The van der Waals surface area contributed by atoms with Crippen LogP contribution in [0.4, 0.5) is 0 Å². The maximum atomic E-state index is 14.4. The van der Waals surface area contributed by atoms with E-state index in [2.05, 4.69) is 87.3 Å². The van der Waals surface area contributed by atoms with Gasteiger partial charge in [0.05, 0.1) is 24.0 Å². The second-order valence-electron chi connectivity index (χ2n) is 19.6. The van der Waals surface area contributed by atoms with Gasteiger partial charge in [-0.2, -0.15) is 12.6 Å². The van der Waals surface area contributed by atoms with E-state index in [1.165, 1.54) is 95.7 Å². The highest BCUT2D eigenvalue weighted by Gasteiger charge is 2.34. The zero-order valence-electron chi connectivity index (χ0n) is 46.0. The third kappa shape index (κ3) is 31.8. The van der Waals surface area contributed by atoms with Gasteiger partial charge in [-0.25, -0.2) is 14.8 Å². The van der Waals surface area contributed by atoms with E-state index in [0.29, 0.717) is 17.8 Å². The summed E-state index contributed by atoms with van der Waals surface area (Å²) in [5.41, 5.74) is 17.0. The number of carboxylic acids is 1. The monoisotopic (exact) mass is 1130 g/mol. The number of unbranched alkanes of at least 4 members (excludes halogenated alkanes) is 14. The van der Waals surface area contributed by atoms with Crippen molar-refractivity contribution in [1.29, 1.82) is 16.2 Å². The lowest BCUT2D eigenvalue weighted by molar-refractivity contribution is -0.142. The normalized spacial score (nSPS) is 13.2. The maximum absolute atomic E-state index is 14.4. The molecule has 2 aromatic heterocycles. The third-order valence-electron chi connectivity index (χ3n) is 12.9. The van der Waals surface area contributed by atoms with E-state index >= 15 is 0 Å². The molecule has 0 fully saturated rings. The number of carbonyl (C=O) groups is 7. The molecule has 79 heavy (non-hydrogen) atoms. The summed E-state index contributed by atoms with van der Waals surface area (Å²) in [6.07, 6.45) is 23.8. The molecule has 0 aromatic carbocycles. The minimum atomic E-state index is -1.43. The number of carbonyl (C=O) groups excluding carboxylic acids is 6. The summed E-state index contributed by atoms with van der Waals surface area (Å²) in [5.74, 6) is -6.87. The van der Waals surface area contributed by atoms with Crippen LogP contribution in [0.1, 0.15) is 160 Å². The second kappa shape index (κ2) is 41.0. The topological polar surface area (TPSA) is 455 Å². The Morgan fingerprint density at radius 3 is 1.16 bits per heavy atom. The van der Waals surface area contributed by atoms with Gasteiger partial charge >= 0.3 is 5.97 Å². The number of nitrogens with one attached hydrogen (secondary N) is 14. The van der Waals surface area contributed by atoms with Crippen molar-refractivity contribution in [2.45, 2.75) is 197 Å². The number of carboxylic acid groups (broad SMARTS) is 1. The molecule has 0 saturated heterocycles. The van der Waals surface area contributed by atoms with Crippen LogP contribution in [0.2, 0.25) is 0 Å². The van der Waals surface area contributed by atoms with Gasteiger partial charge in [0.15, 0.2) is 17.9 Å². The molecule has 0 aliphatic heterocycles. The van der Waals surface area contributed by atoms with Crippen LogP contribution in [0.5, 0.6) is 0 Å². The van der Waals surface area contributed by atoms with Gasteiger partial charge in [-0.15, -0.1) is 0 Å². The minimum absolute atomic E-state index is 0.0585. The van der Waals surface area contributed by atoms with Crippen molar-refractivity contribution in [3.05, 3.63) is 36.4 Å². The Morgan fingerprint density at radius 1 is 0.494 bits per heavy atom. The first-order valence-corrected chi connectivity index (χ1v) is 28.4. The molecule has 6 amide bonds. The number of amides is 6. The molecule has 2 heterocycles. The van der Waals surface area contributed by atoms with Crippen molar-refractivity contribution in [2.24, 2.45) is 17.2 Å². The molecule has 0 saturated carbocycles. The van der Waals surface area contributed by atoms with E-state index in [4.69, 9.17) is 33.4 Å². The number of guanidine groups is 3. The summed E-state index contributed by atoms with van der Waals surface area (Å²) in [6.45, 7) is 2.61. The zero-order chi connectivity index (χ0) is 58.2. The number of hydrogen-bond acceptors (Lipinski definition) is 13. The standard InChI is InChI=1S/C51H91N19O8S/c1-2-3-4-5-6-7-8-9-10-11-12-13-14-15-16-23-42(71)65-41(31-79)47(76)70-40(28-35-30-59-33-64-35)46(75)69-39(27-34-29-58-32-63-34)45(74)67-36(20-17-24-60-49(52)53)43(72)66-37(21-18-25-61-50(54)55)44(73)68-38(48(77)78)22-19-26-62-51(56)57/h29-30,32-33,36-41,79H,2-28,31H2,1H3,(H,58,63)(H,59,64)(H,65,71)(H,66,72)(H,67,74)(H,68,73)(H,69,75)(H,70,76)(H,77,78)(H4,52,53,60)(H4,54,55,61)(H4,56,57,62)/t36-,37-,38-,39-,40-,41-/m0/s1. The molecule has 444 valence electrons. The van der Waals surface area contributed by atoms with Gasteiger partial charge in [-0.3, -0.25) is 45.0 Å². The summed E-state index contributed by atoms with van der Waals surface area (Å²) in [5, 5.41) is 56.0. The molecular formula is C51H91N19O8S. The molecule has 2 rings (SSSR count). The third-order valence-corrected chi connectivity index (χ3v) is 13.2. The average molecular weight is 1130 g/mol. The fraction of sp³-hybridized carbons (Fsp3) is 0.686. The van der Waals surface area contributed by atoms with Crippen molar-refractivity contribution >= 4 is 71.9 Å². The quantitative estimate of drug-likeness (QED) is 0.0190. The van der Waals surface area contributed by atoms with E-state index in [1.807, 2.05) is 0 Å². The number of H-pyrrole nitrogens is 2. The highest BCUT2D eigenvalue weighted by atomic mass is 32.1. The Labute approximate surface area is 469 Å². The molecule has 0 spiro atoms. The van der Waals surface area contributed by atoms with Crippen molar-refractivity contribution in [3.8, 4) is 0 Å². The van der Waals surface area contributed by atoms with Gasteiger partial charge in [-0.1, -0.05) is 96.8 Å². The Balaban J connectivity index is 2.23. The van der Waals surface area contributed by atoms with Crippen LogP contribution in [-0.4, -0.2) is 146 Å². The first kappa shape index (κ1) is 68.0. The van der Waals surface area contributed by atoms with Gasteiger partial charge in [0.1, 0.15) is 36.3 Å². The first-order valence-electron chi connectivity index (χ1n) is 27.8. The molecule has 0 aliphatic carbocycles. The van der Waals surface area contributed by atoms with Crippen molar-refractivity contribution in [3.63, 3.8) is 0 Å². The van der Waals surface area contributed by atoms with Crippen LogP contribution in [0, 0.1) is 16.2 Å². The Morgan fingerprint density at radius 2 is 0.823 bits per heavy atom. The predicted molar refractivity (Wildman–Crippen MR) is 305 cm³/mol. The van der Waals surface area contributed by atoms with Gasteiger partial charge in [0.2, 0.25) is 35.4 Å². The number of hydrogen-bond donors (Lipinski definition) is 19. The maximum Gasteiger partial charge on any atom is 0.326 e. The number of aliphatic carboxylic acids is 1. The molecular weight excluding hydrogens is 1040 g/mol. The van der Waals surface area contributed by atoms with Crippen LogP contribution < -0.4 is 65.1 Å². The minimum Gasteiger partial charge on any atom is -0.480 e. The van der Waals surface area contributed by atoms with Gasteiger partial charge in [0.25, 0.3) is 0 Å². The molecule has 0 aliphatic rings. The second-order valence-corrected chi connectivity index (χ2v) is 20.0.